The molecule has 0 saturated heterocycles. The number of benzene rings is 1. The van der Waals surface area contributed by atoms with Gasteiger partial charge in [-0.25, -0.2) is 4.39 Å². The molecule has 1 aliphatic heterocycles. The van der Waals surface area contributed by atoms with Crippen LogP contribution in [0.3, 0.4) is 0 Å². The van der Waals surface area contributed by atoms with E-state index in [0.717, 1.165) is 0 Å². The highest BCUT2D eigenvalue weighted by atomic mass is 32.3. The highest BCUT2D eigenvalue weighted by Crippen LogP contribution is 2.39. The van der Waals surface area contributed by atoms with E-state index in [0.29, 0.717) is 0 Å². The van der Waals surface area contributed by atoms with Gasteiger partial charge in [0.2, 0.25) is 5.75 Å². The van der Waals surface area contributed by atoms with E-state index in [2.05, 4.69) is 8.37 Å². The van der Waals surface area contributed by atoms with E-state index in [1.807, 2.05) is 0 Å². The summed E-state index contributed by atoms with van der Waals surface area (Å²) in [5, 5.41) is 0. The van der Waals surface area contributed by atoms with Crippen LogP contribution in [-0.4, -0.2) is 8.42 Å². The molecule has 1 aliphatic rings. The van der Waals surface area contributed by atoms with Gasteiger partial charge >= 0.3 is 10.4 Å². The molecule has 70 valence electrons. The molecule has 1 aromatic carbocycles. The Kier molecular flexibility index (Phi) is 1.41. The SMILES string of the molecule is Nc1ccc2c(c1F)OS(=O)(=O)O2. The van der Waals surface area contributed by atoms with Crippen LogP contribution in [-0.2, 0) is 10.4 Å². The smallest absolute Gasteiger partial charge is 0.396 e. The van der Waals surface area contributed by atoms with Gasteiger partial charge in [0.25, 0.3) is 0 Å². The molecule has 2 N–H and O–H groups in total. The van der Waals surface area contributed by atoms with E-state index in [1.165, 1.54) is 12.1 Å². The normalized spacial score (nSPS) is 17.3. The van der Waals surface area contributed by atoms with E-state index < -0.39 is 22.0 Å². The van der Waals surface area contributed by atoms with Crippen molar-refractivity contribution in [3.05, 3.63) is 17.9 Å². The van der Waals surface area contributed by atoms with Gasteiger partial charge < -0.3 is 14.1 Å². The molecular weight excluding hydrogens is 201 g/mol. The van der Waals surface area contributed by atoms with Crippen LogP contribution in [0.2, 0.25) is 0 Å². The molecule has 0 saturated carbocycles. The van der Waals surface area contributed by atoms with Crippen LogP contribution in [0.25, 0.3) is 0 Å². The van der Waals surface area contributed by atoms with Crippen molar-refractivity contribution in [1.82, 2.24) is 0 Å². The summed E-state index contributed by atoms with van der Waals surface area (Å²) in [5.74, 6) is -1.61. The third-order valence-electron chi connectivity index (χ3n) is 1.47. The molecule has 0 bridgehead atoms. The zero-order valence-electron chi connectivity index (χ0n) is 6.15. The lowest BCUT2D eigenvalue weighted by molar-refractivity contribution is 0.430. The van der Waals surface area contributed by atoms with Crippen LogP contribution in [0.15, 0.2) is 12.1 Å². The quantitative estimate of drug-likeness (QED) is 0.621. The molecule has 0 radical (unpaired) electrons. The first-order valence-corrected chi connectivity index (χ1v) is 4.55. The van der Waals surface area contributed by atoms with Gasteiger partial charge in [0.05, 0.1) is 5.69 Å². The van der Waals surface area contributed by atoms with Gasteiger partial charge in [-0.2, -0.15) is 0 Å². The van der Waals surface area contributed by atoms with Gasteiger partial charge in [0, 0.05) is 0 Å². The molecule has 0 unspecified atom stereocenters. The van der Waals surface area contributed by atoms with E-state index in [1.54, 1.807) is 0 Å². The minimum absolute atomic E-state index is 0.188. The lowest BCUT2D eigenvalue weighted by atomic mass is 10.3. The van der Waals surface area contributed by atoms with Crippen molar-refractivity contribution in [2.45, 2.75) is 0 Å². The molecule has 0 spiro atoms. The third kappa shape index (κ3) is 1.17. The maximum atomic E-state index is 13.1. The van der Waals surface area contributed by atoms with Crippen molar-refractivity contribution >= 4 is 16.1 Å². The van der Waals surface area contributed by atoms with Gasteiger partial charge in [-0.15, -0.1) is 8.42 Å². The lowest BCUT2D eigenvalue weighted by Gasteiger charge is -1.97. The molecule has 0 aromatic heterocycles. The fourth-order valence-electron chi connectivity index (χ4n) is 0.926. The fourth-order valence-corrected chi connectivity index (χ4v) is 1.67. The Balaban J connectivity index is 2.65. The van der Waals surface area contributed by atoms with Crippen LogP contribution < -0.4 is 14.1 Å². The van der Waals surface area contributed by atoms with Crippen molar-refractivity contribution < 1.29 is 21.2 Å². The summed E-state index contributed by atoms with van der Waals surface area (Å²) in [7, 11) is -4.14. The molecule has 1 aromatic rings. The van der Waals surface area contributed by atoms with E-state index in [-0.39, 0.29) is 11.4 Å². The topological polar surface area (TPSA) is 78.6 Å². The zero-order valence-corrected chi connectivity index (χ0v) is 6.97. The van der Waals surface area contributed by atoms with Gasteiger partial charge in [-0.05, 0) is 12.1 Å². The summed E-state index contributed by atoms with van der Waals surface area (Å²) in [6.45, 7) is 0. The molecule has 13 heavy (non-hydrogen) atoms. The minimum atomic E-state index is -4.14. The van der Waals surface area contributed by atoms with Crippen molar-refractivity contribution in [2.75, 3.05) is 5.73 Å². The number of fused-ring (bicyclic) bond motifs is 1. The average molecular weight is 205 g/mol. The van der Waals surface area contributed by atoms with E-state index in [9.17, 15) is 12.8 Å². The number of rotatable bonds is 0. The fraction of sp³-hybridized carbons (Fsp3) is 0. The van der Waals surface area contributed by atoms with E-state index >= 15 is 0 Å². The van der Waals surface area contributed by atoms with Gasteiger partial charge in [-0.1, -0.05) is 0 Å². The summed E-state index contributed by atoms with van der Waals surface area (Å²) in [6.07, 6.45) is 0. The van der Waals surface area contributed by atoms with Crippen LogP contribution >= 0.6 is 0 Å². The Hall–Kier alpha value is -1.50. The first-order valence-electron chi connectivity index (χ1n) is 3.21. The zero-order chi connectivity index (χ0) is 9.64. The molecule has 2 rings (SSSR count). The van der Waals surface area contributed by atoms with E-state index in [4.69, 9.17) is 5.73 Å². The summed E-state index contributed by atoms with van der Waals surface area (Å²) in [5.41, 5.74) is 4.98. The van der Waals surface area contributed by atoms with Crippen molar-refractivity contribution in [3.8, 4) is 11.5 Å². The lowest BCUT2D eigenvalue weighted by Crippen LogP contribution is -2.08. The molecule has 7 heteroatoms. The maximum Gasteiger partial charge on any atom is 0.501 e. The molecule has 1 heterocycles. The highest BCUT2D eigenvalue weighted by Gasteiger charge is 2.32. The van der Waals surface area contributed by atoms with Crippen LogP contribution in [0, 0.1) is 5.82 Å². The van der Waals surface area contributed by atoms with Gasteiger partial charge in [-0.3, -0.25) is 0 Å². The van der Waals surface area contributed by atoms with Gasteiger partial charge in [0.1, 0.15) is 0 Å². The van der Waals surface area contributed by atoms with Crippen LogP contribution in [0.1, 0.15) is 0 Å². The number of hydrogen-bond donors (Lipinski definition) is 1. The Labute approximate surface area is 73.2 Å². The Morgan fingerprint density at radius 2 is 2.00 bits per heavy atom. The second-order valence-electron chi connectivity index (χ2n) is 2.37. The number of halogens is 1. The monoisotopic (exact) mass is 205 g/mol. The Morgan fingerprint density at radius 1 is 1.31 bits per heavy atom. The standard InChI is InChI=1S/C6H4FNO4S/c7-5-3(8)1-2-4-6(5)12-13(9,10)11-4/h1-2H,8H2. The average Bonchev–Trinajstić information content (AvgIpc) is 2.34. The first-order chi connectivity index (χ1) is 5.99. The summed E-state index contributed by atoms with van der Waals surface area (Å²) >= 11 is 0. The number of hydrogen-bond acceptors (Lipinski definition) is 5. The Bertz CT molecular complexity index is 470. The summed E-state index contributed by atoms with van der Waals surface area (Å²) < 4.78 is 42.9. The van der Waals surface area contributed by atoms with Crippen LogP contribution in [0.4, 0.5) is 10.1 Å². The predicted octanol–water partition coefficient (Wildman–Crippen LogP) is 0.424. The molecular formula is C6H4FNO4S. The third-order valence-corrected chi connectivity index (χ3v) is 2.22. The molecule has 0 amide bonds. The Morgan fingerprint density at radius 3 is 2.69 bits per heavy atom. The predicted molar refractivity (Wildman–Crippen MR) is 41.0 cm³/mol. The second kappa shape index (κ2) is 2.25. The molecule has 0 aliphatic carbocycles. The first kappa shape index (κ1) is 8.11. The highest BCUT2D eigenvalue weighted by molar-refractivity contribution is 7.82. The summed E-state index contributed by atoms with van der Waals surface area (Å²) in [6, 6.07) is 2.41. The van der Waals surface area contributed by atoms with Crippen molar-refractivity contribution in [1.29, 1.82) is 0 Å². The molecule has 0 atom stereocenters. The van der Waals surface area contributed by atoms with Crippen molar-refractivity contribution in [3.63, 3.8) is 0 Å². The van der Waals surface area contributed by atoms with Crippen LogP contribution in [0.5, 0.6) is 11.5 Å². The maximum absolute atomic E-state index is 13.1. The van der Waals surface area contributed by atoms with Crippen molar-refractivity contribution in [2.24, 2.45) is 0 Å². The number of nitrogen functional groups attached to an aromatic ring is 1. The molecule has 0 fully saturated rings. The summed E-state index contributed by atoms with van der Waals surface area (Å²) in [4.78, 5) is 0. The second-order valence-corrected chi connectivity index (χ2v) is 3.52. The largest absolute Gasteiger partial charge is 0.501 e. The molecule has 5 nitrogen and oxygen atoms in total. The minimum Gasteiger partial charge on any atom is -0.396 e. The van der Waals surface area contributed by atoms with Gasteiger partial charge in [0.15, 0.2) is 11.6 Å². The number of nitrogens with two attached hydrogens (primary N) is 1. The number of anilines is 1.